The molecular formula is C13H17FO3. The van der Waals surface area contributed by atoms with Crippen LogP contribution in [0.5, 0.6) is 5.75 Å². The summed E-state index contributed by atoms with van der Waals surface area (Å²) >= 11 is 0. The van der Waals surface area contributed by atoms with Crippen molar-refractivity contribution in [3.63, 3.8) is 0 Å². The van der Waals surface area contributed by atoms with Crippen LogP contribution in [0.2, 0.25) is 0 Å². The third-order valence-electron chi connectivity index (χ3n) is 3.18. The summed E-state index contributed by atoms with van der Waals surface area (Å²) in [5.41, 5.74) is 0.450. The molecule has 0 amide bonds. The van der Waals surface area contributed by atoms with Crippen LogP contribution >= 0.6 is 0 Å². The Morgan fingerprint density at radius 2 is 2.06 bits per heavy atom. The zero-order chi connectivity index (χ0) is 12.4. The van der Waals surface area contributed by atoms with Crippen molar-refractivity contribution in [1.29, 1.82) is 0 Å². The Hall–Kier alpha value is -1.13. The molecule has 0 aromatic heterocycles. The van der Waals surface area contributed by atoms with Crippen molar-refractivity contribution in [3.8, 4) is 5.75 Å². The van der Waals surface area contributed by atoms with E-state index >= 15 is 0 Å². The van der Waals surface area contributed by atoms with Crippen molar-refractivity contribution in [1.82, 2.24) is 0 Å². The lowest BCUT2D eigenvalue weighted by Crippen LogP contribution is -2.23. The number of aliphatic hydroxyl groups excluding tert-OH is 1. The average molecular weight is 240 g/mol. The molecular weight excluding hydrogens is 223 g/mol. The lowest BCUT2D eigenvalue weighted by molar-refractivity contribution is -0.0269. The third-order valence-corrected chi connectivity index (χ3v) is 3.18. The van der Waals surface area contributed by atoms with Crippen molar-refractivity contribution < 1.29 is 19.0 Å². The van der Waals surface area contributed by atoms with Gasteiger partial charge in [0.05, 0.1) is 13.2 Å². The molecule has 1 saturated carbocycles. The molecule has 1 aliphatic carbocycles. The zero-order valence-corrected chi connectivity index (χ0v) is 10.0. The Labute approximate surface area is 100 Å². The minimum absolute atomic E-state index is 0.286. The van der Waals surface area contributed by atoms with E-state index in [-0.39, 0.29) is 11.9 Å². The van der Waals surface area contributed by atoms with Crippen LogP contribution in [-0.4, -0.2) is 25.4 Å². The molecule has 0 aliphatic heterocycles. The van der Waals surface area contributed by atoms with Crippen LogP contribution in [0.15, 0.2) is 18.2 Å². The van der Waals surface area contributed by atoms with Gasteiger partial charge in [0.1, 0.15) is 17.7 Å². The van der Waals surface area contributed by atoms with Crippen LogP contribution < -0.4 is 4.74 Å². The highest BCUT2D eigenvalue weighted by molar-refractivity contribution is 5.36. The number of benzene rings is 1. The molecule has 0 spiro atoms. The first-order valence-corrected chi connectivity index (χ1v) is 5.71. The number of hydrogen-bond donors (Lipinski definition) is 1. The number of methoxy groups -OCH3 is 2. The summed E-state index contributed by atoms with van der Waals surface area (Å²) in [5.74, 6) is 0.468. The maximum atomic E-state index is 13.2. The number of hydrogen-bond acceptors (Lipinski definition) is 3. The van der Waals surface area contributed by atoms with Crippen molar-refractivity contribution >= 4 is 0 Å². The first-order chi connectivity index (χ1) is 8.17. The van der Waals surface area contributed by atoms with E-state index in [2.05, 4.69) is 0 Å². The van der Waals surface area contributed by atoms with Gasteiger partial charge in [0.2, 0.25) is 0 Å². The lowest BCUT2D eigenvalue weighted by atomic mass is 10.00. The lowest BCUT2D eigenvalue weighted by Gasteiger charge is -2.23. The normalized spacial score (nSPS) is 18.8. The van der Waals surface area contributed by atoms with Gasteiger partial charge in [-0.1, -0.05) is 0 Å². The smallest absolute Gasteiger partial charge is 0.124 e. The first kappa shape index (κ1) is 12.3. The summed E-state index contributed by atoms with van der Waals surface area (Å²) in [4.78, 5) is 0. The second-order valence-corrected chi connectivity index (χ2v) is 4.37. The molecule has 2 unspecified atom stereocenters. The largest absolute Gasteiger partial charge is 0.496 e. The van der Waals surface area contributed by atoms with E-state index in [0.29, 0.717) is 17.2 Å². The van der Waals surface area contributed by atoms with E-state index < -0.39 is 6.10 Å². The van der Waals surface area contributed by atoms with Crippen molar-refractivity contribution in [2.75, 3.05) is 14.2 Å². The summed E-state index contributed by atoms with van der Waals surface area (Å²) < 4.78 is 23.7. The van der Waals surface area contributed by atoms with Gasteiger partial charge in [-0.3, -0.25) is 0 Å². The Kier molecular flexibility index (Phi) is 3.64. The van der Waals surface area contributed by atoms with Crippen LogP contribution in [0.25, 0.3) is 0 Å². The highest BCUT2D eigenvalue weighted by Crippen LogP contribution is 2.41. The summed E-state index contributed by atoms with van der Waals surface area (Å²) in [7, 11) is 3.07. The molecule has 0 radical (unpaired) electrons. The molecule has 0 saturated heterocycles. The first-order valence-electron chi connectivity index (χ1n) is 5.71. The number of halogens is 1. The molecule has 1 aliphatic rings. The second kappa shape index (κ2) is 5.02. The SMILES string of the molecule is COc1ccc(F)cc1C(O)C(OC)C1CC1. The molecule has 94 valence electrons. The highest BCUT2D eigenvalue weighted by atomic mass is 19.1. The molecule has 2 atom stereocenters. The molecule has 1 aromatic carbocycles. The summed E-state index contributed by atoms with van der Waals surface area (Å²) in [5, 5.41) is 10.3. The number of rotatable bonds is 5. The molecule has 2 rings (SSSR count). The zero-order valence-electron chi connectivity index (χ0n) is 10.0. The molecule has 0 heterocycles. The van der Waals surface area contributed by atoms with Crippen molar-refractivity contribution in [2.45, 2.75) is 25.0 Å². The highest BCUT2D eigenvalue weighted by Gasteiger charge is 2.37. The van der Waals surface area contributed by atoms with Gasteiger partial charge >= 0.3 is 0 Å². The van der Waals surface area contributed by atoms with E-state index in [1.807, 2.05) is 0 Å². The predicted octanol–water partition coefficient (Wildman–Crippen LogP) is 2.29. The summed E-state index contributed by atoms with van der Waals surface area (Å²) in [6.45, 7) is 0. The predicted molar refractivity (Wildman–Crippen MR) is 61.4 cm³/mol. The molecule has 1 fully saturated rings. The molecule has 4 heteroatoms. The third kappa shape index (κ3) is 2.58. The Morgan fingerprint density at radius 3 is 2.59 bits per heavy atom. The van der Waals surface area contributed by atoms with Gasteiger partial charge in [0.25, 0.3) is 0 Å². The van der Waals surface area contributed by atoms with Gasteiger partial charge in [-0.25, -0.2) is 4.39 Å². The van der Waals surface area contributed by atoms with E-state index in [9.17, 15) is 9.50 Å². The maximum Gasteiger partial charge on any atom is 0.124 e. The van der Waals surface area contributed by atoms with Gasteiger partial charge in [-0.05, 0) is 37.0 Å². The Balaban J connectivity index is 2.27. The summed E-state index contributed by atoms with van der Waals surface area (Å²) in [6, 6.07) is 4.14. The second-order valence-electron chi connectivity index (χ2n) is 4.37. The van der Waals surface area contributed by atoms with Crippen LogP contribution in [0, 0.1) is 11.7 Å². The fourth-order valence-electron chi connectivity index (χ4n) is 2.12. The monoisotopic (exact) mass is 240 g/mol. The van der Waals surface area contributed by atoms with Gasteiger partial charge in [0, 0.05) is 12.7 Å². The minimum atomic E-state index is -0.849. The topological polar surface area (TPSA) is 38.7 Å². The molecule has 0 bridgehead atoms. The fourth-order valence-corrected chi connectivity index (χ4v) is 2.12. The fraction of sp³-hybridized carbons (Fsp3) is 0.538. The van der Waals surface area contributed by atoms with Crippen LogP contribution in [0.3, 0.4) is 0 Å². The van der Waals surface area contributed by atoms with Crippen LogP contribution in [0.1, 0.15) is 24.5 Å². The summed E-state index contributed by atoms with van der Waals surface area (Å²) in [6.07, 6.45) is 0.962. The number of aliphatic hydroxyl groups is 1. The molecule has 3 nitrogen and oxygen atoms in total. The number of ether oxygens (including phenoxy) is 2. The van der Waals surface area contributed by atoms with E-state index in [1.54, 1.807) is 7.11 Å². The van der Waals surface area contributed by atoms with Gasteiger partial charge in [-0.2, -0.15) is 0 Å². The minimum Gasteiger partial charge on any atom is -0.496 e. The van der Waals surface area contributed by atoms with Gasteiger partial charge in [-0.15, -0.1) is 0 Å². The standard InChI is InChI=1S/C13H17FO3/c1-16-11-6-5-9(14)7-10(11)12(15)13(17-2)8-3-4-8/h5-8,12-13,15H,3-4H2,1-2H3. The van der Waals surface area contributed by atoms with E-state index in [1.165, 1.54) is 25.3 Å². The quantitative estimate of drug-likeness (QED) is 0.858. The van der Waals surface area contributed by atoms with E-state index in [4.69, 9.17) is 9.47 Å². The van der Waals surface area contributed by atoms with E-state index in [0.717, 1.165) is 12.8 Å². The Morgan fingerprint density at radius 1 is 1.35 bits per heavy atom. The molecule has 1 N–H and O–H groups in total. The van der Waals surface area contributed by atoms with Crippen LogP contribution in [0.4, 0.5) is 4.39 Å². The van der Waals surface area contributed by atoms with Crippen molar-refractivity contribution in [2.24, 2.45) is 5.92 Å². The van der Waals surface area contributed by atoms with Gasteiger partial charge < -0.3 is 14.6 Å². The van der Waals surface area contributed by atoms with Gasteiger partial charge in [0.15, 0.2) is 0 Å². The molecule has 17 heavy (non-hydrogen) atoms. The van der Waals surface area contributed by atoms with Crippen LogP contribution in [-0.2, 0) is 4.74 Å². The van der Waals surface area contributed by atoms with Crippen molar-refractivity contribution in [3.05, 3.63) is 29.6 Å². The Bertz CT molecular complexity index is 390. The maximum absolute atomic E-state index is 13.2. The molecule has 1 aromatic rings. The average Bonchev–Trinajstić information content (AvgIpc) is 3.14.